The van der Waals surface area contributed by atoms with Gasteiger partial charge in [0.15, 0.2) is 0 Å². The first-order valence-corrected chi connectivity index (χ1v) is 5.12. The Bertz CT molecular complexity index is 469. The molecule has 0 aliphatic carbocycles. The van der Waals surface area contributed by atoms with E-state index in [1.54, 1.807) is 0 Å². The van der Waals surface area contributed by atoms with E-state index < -0.39 is 0 Å². The van der Waals surface area contributed by atoms with E-state index >= 15 is 0 Å². The second kappa shape index (κ2) is 7.35. The van der Waals surface area contributed by atoms with Gasteiger partial charge in [-0.05, 0) is 42.5 Å². The number of aryl methyl sites for hydroxylation is 2. The Balaban J connectivity index is 0.000000711. The minimum Gasteiger partial charge on any atom is -0.481 e. The number of rotatable bonds is 0. The minimum atomic E-state index is 0. The zero-order valence-corrected chi connectivity index (χ0v) is 13.7. The van der Waals surface area contributed by atoms with Crippen molar-refractivity contribution in [1.82, 2.24) is 9.97 Å². The monoisotopic (exact) mass is 241 g/mol. The standard InChI is InChI=1S/C10H10N3.C2H6.K/c1-6-3-8-9(4-7(6)2)12-5-13-10(8)11;1-2;/h3-5H,1-2H3,(H-,11,12,13);1-2H3;/q-1;;+1. The predicted molar refractivity (Wildman–Crippen MR) is 64.3 cm³/mol. The largest absolute Gasteiger partial charge is 1.00 e. The van der Waals surface area contributed by atoms with E-state index in [-0.39, 0.29) is 51.4 Å². The summed E-state index contributed by atoms with van der Waals surface area (Å²) in [5.74, 6) is 0.299. The van der Waals surface area contributed by atoms with Crippen LogP contribution in [-0.4, -0.2) is 9.97 Å². The first-order valence-electron chi connectivity index (χ1n) is 5.12. The van der Waals surface area contributed by atoms with Crippen molar-refractivity contribution in [2.45, 2.75) is 27.7 Å². The van der Waals surface area contributed by atoms with Crippen molar-refractivity contribution >= 4 is 16.7 Å². The third-order valence-electron chi connectivity index (χ3n) is 2.25. The quantitative estimate of drug-likeness (QED) is 0.645. The van der Waals surface area contributed by atoms with E-state index in [2.05, 4.69) is 9.97 Å². The SMILES string of the molecule is CC.Cc1cc2ncnc([NH-])c2cc1C.[K+]. The number of benzene rings is 1. The van der Waals surface area contributed by atoms with Crippen LogP contribution in [0.3, 0.4) is 0 Å². The molecule has 2 aromatic rings. The molecule has 0 spiro atoms. The summed E-state index contributed by atoms with van der Waals surface area (Å²) in [6.45, 7) is 8.07. The number of nitrogens with one attached hydrogen (secondary N) is 1. The van der Waals surface area contributed by atoms with Crippen LogP contribution in [0.25, 0.3) is 16.6 Å². The summed E-state index contributed by atoms with van der Waals surface area (Å²) >= 11 is 0. The molecule has 0 aliphatic heterocycles. The van der Waals surface area contributed by atoms with Gasteiger partial charge in [-0.2, -0.15) is 0 Å². The predicted octanol–water partition coefficient (Wildman–Crippen LogP) is 0.961. The van der Waals surface area contributed by atoms with Crippen LogP contribution in [0.5, 0.6) is 0 Å². The first kappa shape index (κ1) is 16.0. The van der Waals surface area contributed by atoms with Gasteiger partial charge in [-0.15, -0.1) is 0 Å². The van der Waals surface area contributed by atoms with E-state index in [4.69, 9.17) is 5.73 Å². The maximum Gasteiger partial charge on any atom is 1.00 e. The van der Waals surface area contributed by atoms with Crippen LogP contribution in [0.2, 0.25) is 0 Å². The molecule has 1 aromatic heterocycles. The van der Waals surface area contributed by atoms with Crippen molar-refractivity contribution in [3.63, 3.8) is 0 Å². The van der Waals surface area contributed by atoms with Crippen LogP contribution in [0.1, 0.15) is 25.0 Å². The number of aromatic nitrogens is 2. The van der Waals surface area contributed by atoms with E-state index in [1.807, 2.05) is 39.8 Å². The van der Waals surface area contributed by atoms with Gasteiger partial charge in [-0.3, -0.25) is 4.98 Å². The molecule has 0 bridgehead atoms. The first-order chi connectivity index (χ1) is 7.18. The van der Waals surface area contributed by atoms with Gasteiger partial charge < -0.3 is 10.7 Å². The molecule has 0 atom stereocenters. The molecule has 0 saturated carbocycles. The van der Waals surface area contributed by atoms with Crippen molar-refractivity contribution in [3.8, 4) is 0 Å². The second-order valence-corrected chi connectivity index (χ2v) is 3.18. The van der Waals surface area contributed by atoms with Crippen molar-refractivity contribution in [2.75, 3.05) is 0 Å². The van der Waals surface area contributed by atoms with Crippen LogP contribution >= 0.6 is 0 Å². The van der Waals surface area contributed by atoms with Gasteiger partial charge in [0, 0.05) is 6.33 Å². The Hall–Kier alpha value is -0.00364. The van der Waals surface area contributed by atoms with E-state index in [9.17, 15) is 0 Å². The Morgan fingerprint density at radius 3 is 2.19 bits per heavy atom. The fourth-order valence-electron chi connectivity index (χ4n) is 1.32. The fourth-order valence-corrected chi connectivity index (χ4v) is 1.32. The number of hydrogen-bond donors (Lipinski definition) is 0. The molecule has 0 saturated heterocycles. The van der Waals surface area contributed by atoms with E-state index in [0.29, 0.717) is 5.82 Å². The maximum absolute atomic E-state index is 7.58. The average molecular weight is 241 g/mol. The van der Waals surface area contributed by atoms with Gasteiger partial charge in [0.25, 0.3) is 0 Å². The summed E-state index contributed by atoms with van der Waals surface area (Å²) in [5, 5.41) is 0.825. The number of nitrogens with zero attached hydrogens (tertiary/aromatic N) is 2. The van der Waals surface area contributed by atoms with Gasteiger partial charge in [0.05, 0.1) is 5.52 Å². The Labute approximate surface area is 139 Å². The molecule has 3 nitrogen and oxygen atoms in total. The molecule has 0 unspecified atom stereocenters. The van der Waals surface area contributed by atoms with Gasteiger partial charge in [-0.25, -0.2) is 0 Å². The molecule has 0 radical (unpaired) electrons. The summed E-state index contributed by atoms with van der Waals surface area (Å²) in [6, 6.07) is 3.96. The molecular formula is C12H16KN3. The molecule has 2 rings (SSSR count). The Morgan fingerprint density at radius 2 is 1.56 bits per heavy atom. The molecule has 1 aromatic carbocycles. The van der Waals surface area contributed by atoms with Crippen molar-refractivity contribution in [2.24, 2.45) is 0 Å². The fraction of sp³-hybridized carbons (Fsp3) is 0.333. The molecule has 0 fully saturated rings. The summed E-state index contributed by atoms with van der Waals surface area (Å²) in [7, 11) is 0. The Morgan fingerprint density at radius 1 is 1.00 bits per heavy atom. The van der Waals surface area contributed by atoms with E-state index in [0.717, 1.165) is 10.9 Å². The van der Waals surface area contributed by atoms with Gasteiger partial charge in [0.1, 0.15) is 0 Å². The zero-order valence-electron chi connectivity index (χ0n) is 10.6. The van der Waals surface area contributed by atoms with Crippen molar-refractivity contribution in [3.05, 3.63) is 35.3 Å². The average Bonchev–Trinajstić information content (AvgIpc) is 2.24. The molecule has 0 aliphatic rings. The van der Waals surface area contributed by atoms with Gasteiger partial charge >= 0.3 is 51.4 Å². The van der Waals surface area contributed by atoms with Crippen LogP contribution < -0.4 is 51.4 Å². The number of hydrogen-bond acceptors (Lipinski definition) is 2. The smallest absolute Gasteiger partial charge is 0.481 e. The molecular weight excluding hydrogens is 225 g/mol. The molecule has 1 N–H and O–H groups in total. The third kappa shape index (κ3) is 3.50. The topological polar surface area (TPSA) is 49.6 Å². The van der Waals surface area contributed by atoms with Crippen molar-refractivity contribution < 1.29 is 51.4 Å². The second-order valence-electron chi connectivity index (χ2n) is 3.18. The zero-order chi connectivity index (χ0) is 11.4. The maximum atomic E-state index is 7.58. The summed E-state index contributed by atoms with van der Waals surface area (Å²) < 4.78 is 0. The normalized spacial score (nSPS) is 9.00. The van der Waals surface area contributed by atoms with Crippen molar-refractivity contribution in [1.29, 1.82) is 0 Å². The minimum absolute atomic E-state index is 0. The van der Waals surface area contributed by atoms with Crippen LogP contribution in [0.15, 0.2) is 18.5 Å². The Kier molecular flexibility index (Phi) is 7.35. The molecule has 16 heavy (non-hydrogen) atoms. The third-order valence-corrected chi connectivity index (χ3v) is 2.25. The molecule has 4 heteroatoms. The van der Waals surface area contributed by atoms with Gasteiger partial charge in [0.2, 0.25) is 0 Å². The van der Waals surface area contributed by atoms with Crippen LogP contribution in [0, 0.1) is 13.8 Å². The molecule has 0 amide bonds. The number of fused-ring (bicyclic) bond motifs is 1. The van der Waals surface area contributed by atoms with Crippen LogP contribution in [0.4, 0.5) is 5.82 Å². The van der Waals surface area contributed by atoms with Crippen LogP contribution in [-0.2, 0) is 0 Å². The van der Waals surface area contributed by atoms with E-state index in [1.165, 1.54) is 17.5 Å². The molecule has 80 valence electrons. The summed E-state index contributed by atoms with van der Waals surface area (Å²) in [5.41, 5.74) is 10.8. The molecule has 1 heterocycles. The summed E-state index contributed by atoms with van der Waals surface area (Å²) in [6.07, 6.45) is 1.43. The summed E-state index contributed by atoms with van der Waals surface area (Å²) in [4.78, 5) is 7.95. The van der Waals surface area contributed by atoms with Gasteiger partial charge in [-0.1, -0.05) is 19.7 Å².